The normalized spacial score (nSPS) is 15.2. The molecule has 1 aliphatic heterocycles. The zero-order chi connectivity index (χ0) is 22.4. The molecule has 0 spiro atoms. The number of nitrogens with zero attached hydrogens (tertiary/aromatic N) is 2. The SMILES string of the molecule is CCCS(=O)(=O)Nc1ccc(NC(=O)c2ccc(N3CCN(C(C)C)CC3)cc2)cc1. The topological polar surface area (TPSA) is 81.8 Å². The van der Waals surface area contributed by atoms with E-state index in [1.165, 1.54) is 0 Å². The molecule has 0 saturated carbocycles. The fraction of sp³-hybridized carbons (Fsp3) is 0.435. The molecule has 3 rings (SSSR count). The Morgan fingerprint density at radius 1 is 0.935 bits per heavy atom. The Morgan fingerprint density at radius 3 is 2.06 bits per heavy atom. The third-order valence-corrected chi connectivity index (χ3v) is 6.92. The van der Waals surface area contributed by atoms with E-state index in [0.717, 1.165) is 31.9 Å². The third-order valence-electron chi connectivity index (χ3n) is 5.43. The lowest BCUT2D eigenvalue weighted by Gasteiger charge is -2.38. The second kappa shape index (κ2) is 10.2. The van der Waals surface area contributed by atoms with Gasteiger partial charge in [-0.2, -0.15) is 0 Å². The molecule has 0 radical (unpaired) electrons. The first kappa shape index (κ1) is 23.1. The summed E-state index contributed by atoms with van der Waals surface area (Å²) in [6.45, 7) is 10.3. The Bertz CT molecular complexity index is 965. The number of nitrogens with one attached hydrogen (secondary N) is 2. The first-order chi connectivity index (χ1) is 14.8. The molecule has 2 N–H and O–H groups in total. The molecule has 0 aliphatic carbocycles. The number of carbonyl (C=O) groups is 1. The summed E-state index contributed by atoms with van der Waals surface area (Å²) in [5.74, 6) is -0.120. The molecule has 168 valence electrons. The van der Waals surface area contributed by atoms with Crippen molar-refractivity contribution >= 4 is 33.0 Å². The summed E-state index contributed by atoms with van der Waals surface area (Å²) in [7, 11) is -3.33. The van der Waals surface area contributed by atoms with Gasteiger partial charge in [-0.3, -0.25) is 14.4 Å². The molecule has 31 heavy (non-hydrogen) atoms. The lowest BCUT2D eigenvalue weighted by Crippen LogP contribution is -2.48. The monoisotopic (exact) mass is 444 g/mol. The van der Waals surface area contributed by atoms with Gasteiger partial charge in [0, 0.05) is 54.8 Å². The largest absolute Gasteiger partial charge is 0.369 e. The molecular weight excluding hydrogens is 412 g/mol. The third kappa shape index (κ3) is 6.45. The summed E-state index contributed by atoms with van der Waals surface area (Å²) in [6, 6.07) is 14.9. The molecule has 0 bridgehead atoms. The number of carbonyl (C=O) groups excluding carboxylic acids is 1. The standard InChI is InChI=1S/C23H32N4O3S/c1-4-17-31(29,30)25-21-9-7-20(8-10-21)24-23(28)19-5-11-22(12-6-19)27-15-13-26(14-16-27)18(2)3/h5-12,18,25H,4,13-17H2,1-3H3,(H,24,28). The van der Waals surface area contributed by atoms with Gasteiger partial charge in [-0.15, -0.1) is 0 Å². The molecular formula is C23H32N4O3S. The van der Waals surface area contributed by atoms with Gasteiger partial charge in [0.05, 0.1) is 5.75 Å². The molecule has 2 aromatic rings. The summed E-state index contributed by atoms with van der Waals surface area (Å²) in [4.78, 5) is 17.4. The van der Waals surface area contributed by atoms with Crippen molar-refractivity contribution < 1.29 is 13.2 Å². The Balaban J connectivity index is 1.56. The van der Waals surface area contributed by atoms with Crippen LogP contribution in [0.5, 0.6) is 0 Å². The number of benzene rings is 2. The minimum atomic E-state index is -3.33. The van der Waals surface area contributed by atoms with E-state index in [0.29, 0.717) is 29.4 Å². The summed E-state index contributed by atoms with van der Waals surface area (Å²) in [5.41, 5.74) is 2.80. The van der Waals surface area contributed by atoms with Crippen LogP contribution in [0.25, 0.3) is 0 Å². The average Bonchev–Trinajstić information content (AvgIpc) is 2.75. The van der Waals surface area contributed by atoms with Crippen molar-refractivity contribution in [3.05, 3.63) is 54.1 Å². The van der Waals surface area contributed by atoms with E-state index >= 15 is 0 Å². The number of piperazine rings is 1. The van der Waals surface area contributed by atoms with Crippen molar-refractivity contribution in [3.8, 4) is 0 Å². The molecule has 0 aromatic heterocycles. The van der Waals surface area contributed by atoms with Crippen LogP contribution in [0.1, 0.15) is 37.6 Å². The van der Waals surface area contributed by atoms with Gasteiger partial charge in [0.1, 0.15) is 0 Å². The first-order valence-electron chi connectivity index (χ1n) is 10.8. The predicted octanol–water partition coefficient (Wildman–Crippen LogP) is 3.62. The molecule has 1 aliphatic rings. The van der Waals surface area contributed by atoms with Crippen LogP contribution in [-0.2, 0) is 10.0 Å². The van der Waals surface area contributed by atoms with E-state index < -0.39 is 10.0 Å². The summed E-state index contributed by atoms with van der Waals surface area (Å²) >= 11 is 0. The van der Waals surface area contributed by atoms with E-state index in [1.54, 1.807) is 24.3 Å². The molecule has 8 heteroatoms. The van der Waals surface area contributed by atoms with Crippen LogP contribution >= 0.6 is 0 Å². The summed E-state index contributed by atoms with van der Waals surface area (Å²) in [6.07, 6.45) is 0.552. The number of anilines is 3. The highest BCUT2D eigenvalue weighted by atomic mass is 32.2. The maximum atomic E-state index is 12.6. The van der Waals surface area contributed by atoms with Gasteiger partial charge in [0.2, 0.25) is 10.0 Å². The quantitative estimate of drug-likeness (QED) is 0.650. The number of hydrogen-bond acceptors (Lipinski definition) is 5. The maximum Gasteiger partial charge on any atom is 0.255 e. The van der Waals surface area contributed by atoms with E-state index in [9.17, 15) is 13.2 Å². The van der Waals surface area contributed by atoms with Crippen molar-refractivity contribution in [3.63, 3.8) is 0 Å². The Morgan fingerprint density at radius 2 is 1.52 bits per heavy atom. The first-order valence-corrected chi connectivity index (χ1v) is 12.4. The molecule has 7 nitrogen and oxygen atoms in total. The smallest absolute Gasteiger partial charge is 0.255 e. The highest BCUT2D eigenvalue weighted by molar-refractivity contribution is 7.92. The Labute approximate surface area is 185 Å². The lowest BCUT2D eigenvalue weighted by molar-refractivity contribution is 0.102. The van der Waals surface area contributed by atoms with Gasteiger partial charge in [0.25, 0.3) is 5.91 Å². The van der Waals surface area contributed by atoms with Gasteiger partial charge in [0.15, 0.2) is 0 Å². The zero-order valence-electron chi connectivity index (χ0n) is 18.5. The van der Waals surface area contributed by atoms with E-state index in [1.807, 2.05) is 31.2 Å². The zero-order valence-corrected chi connectivity index (χ0v) is 19.3. The van der Waals surface area contributed by atoms with Crippen molar-refractivity contribution in [1.29, 1.82) is 0 Å². The predicted molar refractivity (Wildman–Crippen MR) is 127 cm³/mol. The van der Waals surface area contributed by atoms with Gasteiger partial charge in [-0.1, -0.05) is 6.92 Å². The second-order valence-corrected chi connectivity index (χ2v) is 9.96. The Kier molecular flexibility index (Phi) is 7.56. The molecule has 1 amide bonds. The number of hydrogen-bond donors (Lipinski definition) is 2. The van der Waals surface area contributed by atoms with Gasteiger partial charge in [-0.25, -0.2) is 8.42 Å². The van der Waals surface area contributed by atoms with Crippen LogP contribution in [0.2, 0.25) is 0 Å². The van der Waals surface area contributed by atoms with Crippen LogP contribution < -0.4 is 14.9 Å². The molecule has 1 fully saturated rings. The number of sulfonamides is 1. The van der Waals surface area contributed by atoms with Crippen LogP contribution in [0.15, 0.2) is 48.5 Å². The van der Waals surface area contributed by atoms with E-state index in [2.05, 4.69) is 33.7 Å². The minimum absolute atomic E-state index is 0.0783. The molecule has 1 heterocycles. The van der Waals surface area contributed by atoms with E-state index in [4.69, 9.17) is 0 Å². The van der Waals surface area contributed by atoms with Crippen LogP contribution in [0, 0.1) is 0 Å². The second-order valence-electron chi connectivity index (χ2n) is 8.12. The lowest BCUT2D eigenvalue weighted by atomic mass is 10.1. The van der Waals surface area contributed by atoms with Gasteiger partial charge in [-0.05, 0) is 68.8 Å². The van der Waals surface area contributed by atoms with Crippen LogP contribution in [0.3, 0.4) is 0 Å². The molecule has 0 atom stereocenters. The van der Waals surface area contributed by atoms with Crippen molar-refractivity contribution in [2.45, 2.75) is 33.2 Å². The van der Waals surface area contributed by atoms with Crippen molar-refractivity contribution in [2.75, 3.05) is 46.9 Å². The van der Waals surface area contributed by atoms with Gasteiger partial charge >= 0.3 is 0 Å². The molecule has 1 saturated heterocycles. The summed E-state index contributed by atoms with van der Waals surface area (Å²) in [5, 5.41) is 2.85. The summed E-state index contributed by atoms with van der Waals surface area (Å²) < 4.78 is 26.2. The van der Waals surface area contributed by atoms with Crippen molar-refractivity contribution in [1.82, 2.24) is 4.90 Å². The van der Waals surface area contributed by atoms with Gasteiger partial charge < -0.3 is 10.2 Å². The fourth-order valence-electron chi connectivity index (χ4n) is 3.64. The molecule has 0 unspecified atom stereocenters. The molecule has 2 aromatic carbocycles. The van der Waals surface area contributed by atoms with Crippen LogP contribution in [0.4, 0.5) is 17.1 Å². The van der Waals surface area contributed by atoms with Crippen LogP contribution in [-0.4, -0.2) is 57.2 Å². The highest BCUT2D eigenvalue weighted by Crippen LogP contribution is 2.20. The Hall–Kier alpha value is -2.58. The maximum absolute atomic E-state index is 12.6. The average molecular weight is 445 g/mol. The van der Waals surface area contributed by atoms with Crippen molar-refractivity contribution in [2.24, 2.45) is 0 Å². The number of rotatable bonds is 8. The number of amides is 1. The van der Waals surface area contributed by atoms with E-state index in [-0.39, 0.29) is 11.7 Å². The minimum Gasteiger partial charge on any atom is -0.369 e. The highest BCUT2D eigenvalue weighted by Gasteiger charge is 2.19. The fourth-order valence-corrected chi connectivity index (χ4v) is 4.78.